The fourth-order valence-electron chi connectivity index (χ4n) is 2.36. The van der Waals surface area contributed by atoms with E-state index in [4.69, 9.17) is 0 Å². The van der Waals surface area contributed by atoms with Crippen molar-refractivity contribution < 1.29 is 18.4 Å². The molecule has 1 fully saturated rings. The Bertz CT molecular complexity index is 760. The highest BCUT2D eigenvalue weighted by atomic mass is 19.1. The van der Waals surface area contributed by atoms with Crippen LogP contribution in [0.15, 0.2) is 42.5 Å². The highest BCUT2D eigenvalue weighted by Crippen LogP contribution is 2.20. The van der Waals surface area contributed by atoms with Gasteiger partial charge in [0.05, 0.1) is 0 Å². The van der Waals surface area contributed by atoms with Crippen LogP contribution in [-0.4, -0.2) is 25.2 Å². The van der Waals surface area contributed by atoms with E-state index in [1.54, 1.807) is 29.2 Å². The number of hydrogen-bond acceptors (Lipinski definition) is 2. The third kappa shape index (κ3) is 3.60. The van der Waals surface area contributed by atoms with Crippen molar-refractivity contribution in [2.75, 3.05) is 28.6 Å². The lowest BCUT2D eigenvalue weighted by molar-refractivity contribution is 0.252. The van der Waals surface area contributed by atoms with Crippen molar-refractivity contribution in [3.63, 3.8) is 0 Å². The highest BCUT2D eigenvalue weighted by molar-refractivity contribution is 6.00. The molecule has 6 nitrogen and oxygen atoms in total. The van der Waals surface area contributed by atoms with Crippen LogP contribution in [0.5, 0.6) is 0 Å². The summed E-state index contributed by atoms with van der Waals surface area (Å²) in [4.78, 5) is 25.0. The van der Waals surface area contributed by atoms with Crippen LogP contribution in [0.25, 0.3) is 0 Å². The van der Waals surface area contributed by atoms with Crippen molar-refractivity contribution in [1.29, 1.82) is 0 Å². The van der Waals surface area contributed by atoms with Crippen molar-refractivity contribution in [2.45, 2.75) is 0 Å². The molecule has 0 spiro atoms. The van der Waals surface area contributed by atoms with Gasteiger partial charge in [0.2, 0.25) is 0 Å². The minimum Gasteiger partial charge on any atom is -0.336 e. The Morgan fingerprint density at radius 3 is 2.21 bits per heavy atom. The van der Waals surface area contributed by atoms with Gasteiger partial charge in [0.1, 0.15) is 11.6 Å². The van der Waals surface area contributed by atoms with E-state index in [9.17, 15) is 18.4 Å². The van der Waals surface area contributed by atoms with Gasteiger partial charge in [-0.3, -0.25) is 4.90 Å². The molecule has 8 heteroatoms. The van der Waals surface area contributed by atoms with E-state index >= 15 is 0 Å². The first-order valence-electron chi connectivity index (χ1n) is 7.21. The number of urea groups is 2. The first-order valence-corrected chi connectivity index (χ1v) is 7.21. The number of carbonyl (C=O) groups excluding carboxylic acids is 2. The molecule has 1 saturated heterocycles. The van der Waals surface area contributed by atoms with Gasteiger partial charge in [-0.15, -0.1) is 0 Å². The summed E-state index contributed by atoms with van der Waals surface area (Å²) in [6, 6.07) is 8.60. The van der Waals surface area contributed by atoms with Crippen molar-refractivity contribution in [2.24, 2.45) is 0 Å². The smallest absolute Gasteiger partial charge is 0.323 e. The fraction of sp³-hybridized carbons (Fsp3) is 0.125. The summed E-state index contributed by atoms with van der Waals surface area (Å²) in [7, 11) is 0. The summed E-state index contributed by atoms with van der Waals surface area (Å²) in [6.07, 6.45) is 0. The molecule has 2 aromatic carbocycles. The van der Waals surface area contributed by atoms with Crippen LogP contribution in [0.2, 0.25) is 0 Å². The molecule has 0 unspecified atom stereocenters. The van der Waals surface area contributed by atoms with Gasteiger partial charge in [0.25, 0.3) is 0 Å². The lowest BCUT2D eigenvalue weighted by Crippen LogP contribution is -2.27. The Balaban J connectivity index is 1.63. The summed E-state index contributed by atoms with van der Waals surface area (Å²) in [5.41, 5.74) is 1.20. The minimum atomic E-state index is -0.779. The number of nitrogens with one attached hydrogen (secondary N) is 3. The molecule has 0 bridgehead atoms. The lowest BCUT2D eigenvalue weighted by Gasteiger charge is -2.15. The third-order valence-electron chi connectivity index (χ3n) is 3.41. The summed E-state index contributed by atoms with van der Waals surface area (Å²) >= 11 is 0. The molecule has 0 atom stereocenters. The normalized spacial score (nSPS) is 13.6. The van der Waals surface area contributed by atoms with Gasteiger partial charge in [-0.05, 0) is 36.4 Å². The van der Waals surface area contributed by atoms with Gasteiger partial charge < -0.3 is 16.0 Å². The minimum absolute atomic E-state index is 0.00959. The molecule has 1 heterocycles. The Kier molecular flexibility index (Phi) is 4.28. The van der Waals surface area contributed by atoms with Crippen LogP contribution < -0.4 is 20.9 Å². The number of nitrogens with zero attached hydrogens (tertiary/aromatic N) is 1. The molecule has 1 aliphatic rings. The first-order chi connectivity index (χ1) is 11.5. The topological polar surface area (TPSA) is 73.5 Å². The second kappa shape index (κ2) is 6.53. The molecule has 0 saturated carbocycles. The van der Waals surface area contributed by atoms with E-state index in [0.717, 1.165) is 18.2 Å². The average molecular weight is 332 g/mol. The zero-order valence-electron chi connectivity index (χ0n) is 12.5. The standard InChI is InChI=1S/C16H14F2N4O2/c17-10-7-11(18)9-13(8-10)21-15(23)20-12-1-3-14(4-2-12)22-6-5-19-16(22)24/h1-4,7-9H,5-6H2,(H,19,24)(H2,20,21,23). The predicted molar refractivity (Wildman–Crippen MR) is 86.2 cm³/mol. The molecule has 24 heavy (non-hydrogen) atoms. The Labute approximate surface area is 136 Å². The molecule has 2 aromatic rings. The van der Waals surface area contributed by atoms with Gasteiger partial charge in [0.15, 0.2) is 0 Å². The number of hydrogen-bond donors (Lipinski definition) is 3. The molecule has 0 aliphatic carbocycles. The second-order valence-electron chi connectivity index (χ2n) is 5.17. The maximum Gasteiger partial charge on any atom is 0.323 e. The van der Waals surface area contributed by atoms with Crippen molar-refractivity contribution in [3.05, 3.63) is 54.1 Å². The Hall–Kier alpha value is -3.16. The molecule has 124 valence electrons. The van der Waals surface area contributed by atoms with Crippen LogP contribution in [0.4, 0.5) is 35.4 Å². The molecule has 3 N–H and O–H groups in total. The van der Waals surface area contributed by atoms with Crippen LogP contribution >= 0.6 is 0 Å². The van der Waals surface area contributed by atoms with Crippen LogP contribution in [0.3, 0.4) is 0 Å². The van der Waals surface area contributed by atoms with E-state index in [2.05, 4.69) is 16.0 Å². The number of rotatable bonds is 3. The molecular formula is C16H14F2N4O2. The zero-order chi connectivity index (χ0) is 17.1. The van der Waals surface area contributed by atoms with E-state index in [-0.39, 0.29) is 11.7 Å². The lowest BCUT2D eigenvalue weighted by atomic mass is 10.2. The number of amides is 4. The second-order valence-corrected chi connectivity index (χ2v) is 5.17. The molecule has 1 aliphatic heterocycles. The molecular weight excluding hydrogens is 318 g/mol. The number of anilines is 3. The summed E-state index contributed by atoms with van der Waals surface area (Å²) in [6.45, 7) is 1.17. The number of carbonyl (C=O) groups is 2. The molecule has 0 radical (unpaired) electrons. The van der Waals surface area contributed by atoms with Gasteiger partial charge in [-0.1, -0.05) is 0 Å². The van der Waals surface area contributed by atoms with E-state index in [1.807, 2.05) is 0 Å². The highest BCUT2D eigenvalue weighted by Gasteiger charge is 2.20. The van der Waals surface area contributed by atoms with E-state index in [0.29, 0.717) is 24.5 Å². The van der Waals surface area contributed by atoms with Crippen molar-refractivity contribution >= 4 is 29.1 Å². The van der Waals surface area contributed by atoms with E-state index in [1.165, 1.54) is 0 Å². The average Bonchev–Trinajstić information content (AvgIpc) is 2.93. The van der Waals surface area contributed by atoms with Crippen molar-refractivity contribution in [3.8, 4) is 0 Å². The largest absolute Gasteiger partial charge is 0.336 e. The monoisotopic (exact) mass is 332 g/mol. The summed E-state index contributed by atoms with van der Waals surface area (Å²) < 4.78 is 26.2. The van der Waals surface area contributed by atoms with Crippen LogP contribution in [0.1, 0.15) is 0 Å². The van der Waals surface area contributed by atoms with Gasteiger partial charge in [-0.25, -0.2) is 18.4 Å². The van der Waals surface area contributed by atoms with Gasteiger partial charge in [-0.2, -0.15) is 0 Å². The zero-order valence-corrected chi connectivity index (χ0v) is 12.5. The molecule has 0 aromatic heterocycles. The van der Waals surface area contributed by atoms with Crippen LogP contribution in [-0.2, 0) is 0 Å². The molecule has 3 rings (SSSR count). The summed E-state index contributed by atoms with van der Waals surface area (Å²) in [5, 5.41) is 7.59. The first kappa shape index (κ1) is 15.7. The quantitative estimate of drug-likeness (QED) is 0.808. The maximum absolute atomic E-state index is 13.1. The number of halogens is 2. The maximum atomic E-state index is 13.1. The fourth-order valence-corrected chi connectivity index (χ4v) is 2.36. The third-order valence-corrected chi connectivity index (χ3v) is 3.41. The number of benzene rings is 2. The van der Waals surface area contributed by atoms with Gasteiger partial charge >= 0.3 is 12.1 Å². The summed E-state index contributed by atoms with van der Waals surface area (Å²) in [5.74, 6) is -1.56. The predicted octanol–water partition coefficient (Wildman–Crippen LogP) is 3.14. The molecule has 4 amide bonds. The van der Waals surface area contributed by atoms with Crippen LogP contribution in [0, 0.1) is 11.6 Å². The Morgan fingerprint density at radius 1 is 1.00 bits per heavy atom. The van der Waals surface area contributed by atoms with Gasteiger partial charge in [0, 0.05) is 36.2 Å². The SMILES string of the molecule is O=C(Nc1ccc(N2CCNC2=O)cc1)Nc1cc(F)cc(F)c1. The van der Waals surface area contributed by atoms with E-state index < -0.39 is 17.7 Å². The van der Waals surface area contributed by atoms with Crippen molar-refractivity contribution in [1.82, 2.24) is 5.32 Å². The Morgan fingerprint density at radius 2 is 1.62 bits per heavy atom.